The summed E-state index contributed by atoms with van der Waals surface area (Å²) >= 11 is 0. The Morgan fingerprint density at radius 1 is 1.67 bits per heavy atom. The van der Waals surface area contributed by atoms with Gasteiger partial charge in [-0.25, -0.2) is 0 Å². The van der Waals surface area contributed by atoms with Crippen LogP contribution in [-0.4, -0.2) is 27.3 Å². The summed E-state index contributed by atoms with van der Waals surface area (Å²) in [7, 11) is 0. The zero-order chi connectivity index (χ0) is 4.28. The molecule has 0 spiro atoms. The predicted molar refractivity (Wildman–Crippen MR) is 30.8 cm³/mol. The Labute approximate surface area is 59.1 Å². The van der Waals surface area contributed by atoms with Crippen molar-refractivity contribution in [1.82, 2.24) is 0 Å². The van der Waals surface area contributed by atoms with Gasteiger partial charge in [-0.15, -0.1) is 0 Å². The number of hydrogen-bond acceptors (Lipinski definition) is 0. The van der Waals surface area contributed by atoms with Crippen LogP contribution in [-0.2, 0) is 0 Å². The molecule has 0 saturated carbocycles. The minimum absolute atomic E-state index is 0. The molecule has 0 rings (SSSR count). The minimum Gasteiger partial charge on any atom is -0.0988 e. The van der Waals surface area contributed by atoms with Crippen molar-refractivity contribution in [3.8, 4) is 0 Å². The fourth-order valence-electron chi connectivity index (χ4n) is 0. The molecule has 0 amide bonds. The molecule has 0 aromatic carbocycles. The molecule has 6 heavy (non-hydrogen) atoms. The first-order chi connectivity index (χ1) is 2.27. The van der Waals surface area contributed by atoms with Crippen molar-refractivity contribution in [3.63, 3.8) is 0 Å². The van der Waals surface area contributed by atoms with Gasteiger partial charge in [0, 0.05) is 27.3 Å². The Bertz CT molecular complexity index is 55.0. The molecule has 0 heterocycles. The van der Waals surface area contributed by atoms with E-state index in [9.17, 15) is 0 Å². The molecule has 32 valence electrons. The molecule has 0 aliphatic carbocycles. The Morgan fingerprint density at radius 2 is 1.83 bits per heavy atom. The van der Waals surface area contributed by atoms with E-state index in [4.69, 9.17) is 0 Å². The summed E-state index contributed by atoms with van der Waals surface area (Å²) in [5, 5.41) is 0. The fourth-order valence-corrected chi connectivity index (χ4v) is 0. The Kier molecular flexibility index (Phi) is 8.68. The Hall–Kier alpha value is 0.402. The van der Waals surface area contributed by atoms with Crippen LogP contribution in [0.5, 0.6) is 0 Å². The van der Waals surface area contributed by atoms with Crippen molar-refractivity contribution in [3.05, 3.63) is 24.8 Å². The van der Waals surface area contributed by atoms with Gasteiger partial charge in [-0.2, -0.15) is 0 Å². The van der Waals surface area contributed by atoms with Crippen LogP contribution in [0, 0.1) is 0 Å². The van der Waals surface area contributed by atoms with Crippen molar-refractivity contribution in [1.29, 1.82) is 0 Å². The third-order valence-corrected chi connectivity index (χ3v) is 0.348. The molecular weight excluding hydrogens is 267 g/mol. The third kappa shape index (κ3) is 8.83. The van der Waals surface area contributed by atoms with Gasteiger partial charge in [0.1, 0.15) is 0 Å². The zero-order valence-electron chi connectivity index (χ0n) is 3.99. The fraction of sp³-hybridized carbons (Fsp3) is 0.200. The van der Waals surface area contributed by atoms with Crippen molar-refractivity contribution in [2.45, 2.75) is 6.92 Å². The summed E-state index contributed by atoms with van der Waals surface area (Å²) in [6.07, 6.45) is 1.72. The molecule has 0 aliphatic rings. The van der Waals surface area contributed by atoms with Crippen molar-refractivity contribution < 1.29 is 0 Å². The van der Waals surface area contributed by atoms with Gasteiger partial charge in [-0.1, -0.05) is 24.8 Å². The average molecular weight is 275 g/mol. The van der Waals surface area contributed by atoms with E-state index in [1.165, 1.54) is 0 Å². The maximum Gasteiger partial charge on any atom is 0 e. The first kappa shape index (κ1) is 9.64. The maximum atomic E-state index is 3.56. The van der Waals surface area contributed by atoms with E-state index >= 15 is 0 Å². The van der Waals surface area contributed by atoms with Crippen molar-refractivity contribution in [2.75, 3.05) is 0 Å². The summed E-state index contributed by atoms with van der Waals surface area (Å²) < 4.78 is 0. The number of hydrogen-bond donors (Lipinski definition) is 0. The largest absolute Gasteiger partial charge is 0.0988 e. The van der Waals surface area contributed by atoms with Crippen LogP contribution in [0.25, 0.3) is 0 Å². The second kappa shape index (κ2) is 5.40. The smallest absolute Gasteiger partial charge is 0 e. The van der Waals surface area contributed by atoms with Gasteiger partial charge in [0.05, 0.1) is 0 Å². The van der Waals surface area contributed by atoms with E-state index < -0.39 is 0 Å². The summed E-state index contributed by atoms with van der Waals surface area (Å²) in [6.45, 7) is 8.93. The van der Waals surface area contributed by atoms with E-state index in [-0.39, 0.29) is 27.3 Å². The van der Waals surface area contributed by atoms with E-state index in [0.717, 1.165) is 5.57 Å². The van der Waals surface area contributed by atoms with E-state index in [1.807, 2.05) is 6.92 Å². The normalized spacial score (nSPS) is 5.50. The van der Waals surface area contributed by atoms with Crippen LogP contribution in [0.3, 0.4) is 0 Å². The topological polar surface area (TPSA) is 0 Å². The maximum absolute atomic E-state index is 3.56. The molecule has 0 aromatic rings. The van der Waals surface area contributed by atoms with Crippen LogP contribution < -0.4 is 0 Å². The average Bonchev–Trinajstić information content (AvgIpc) is 1.38. The first-order valence-corrected chi connectivity index (χ1v) is 1.55. The Balaban J connectivity index is 0. The summed E-state index contributed by atoms with van der Waals surface area (Å²) in [5.74, 6) is 0. The molecule has 0 aliphatic heterocycles. The summed E-state index contributed by atoms with van der Waals surface area (Å²) in [6, 6.07) is 0. The molecule has 4 radical (unpaired) electrons. The van der Waals surface area contributed by atoms with Crippen LogP contribution in [0.1, 0.15) is 6.92 Å². The van der Waals surface area contributed by atoms with Crippen LogP contribution in [0.2, 0.25) is 0 Å². The van der Waals surface area contributed by atoms with E-state index in [0.29, 0.717) is 0 Å². The van der Waals surface area contributed by atoms with Gasteiger partial charge in [0.2, 0.25) is 0 Å². The van der Waals surface area contributed by atoms with Crippen LogP contribution in [0.15, 0.2) is 24.8 Å². The van der Waals surface area contributed by atoms with Gasteiger partial charge >= 0.3 is 0 Å². The predicted octanol–water partition coefficient (Wildman–Crippen LogP) is 1.37. The van der Waals surface area contributed by atoms with E-state index in [1.54, 1.807) is 6.08 Å². The molecular formula is C5H8Pb. The molecule has 1 heteroatoms. The second-order valence-electron chi connectivity index (χ2n) is 1.05. The number of allylic oxidation sites excluding steroid dienone is 2. The molecule has 0 atom stereocenters. The van der Waals surface area contributed by atoms with Gasteiger partial charge in [-0.3, -0.25) is 0 Å². The van der Waals surface area contributed by atoms with Crippen LogP contribution >= 0.6 is 0 Å². The van der Waals surface area contributed by atoms with E-state index in [2.05, 4.69) is 13.2 Å². The summed E-state index contributed by atoms with van der Waals surface area (Å²) in [5.41, 5.74) is 1.02. The first-order valence-electron chi connectivity index (χ1n) is 1.55. The molecule has 0 fully saturated rings. The SMILES string of the molecule is C=CC(=C)C.[Pb]. The molecule has 0 nitrogen and oxygen atoms in total. The minimum atomic E-state index is 0. The van der Waals surface area contributed by atoms with Gasteiger partial charge < -0.3 is 0 Å². The van der Waals surface area contributed by atoms with Crippen molar-refractivity contribution >= 4 is 27.3 Å². The standard InChI is InChI=1S/C5H8.Pb/c1-4-5(2)3;/h4H,1-2H2,3H3;. The number of rotatable bonds is 1. The molecule has 0 saturated heterocycles. The Morgan fingerprint density at radius 3 is 1.83 bits per heavy atom. The van der Waals surface area contributed by atoms with Gasteiger partial charge in [-0.05, 0) is 6.92 Å². The molecule has 0 aromatic heterocycles. The zero-order valence-corrected chi connectivity index (χ0v) is 7.88. The van der Waals surface area contributed by atoms with Crippen LogP contribution in [0.4, 0.5) is 0 Å². The van der Waals surface area contributed by atoms with Gasteiger partial charge in [0.25, 0.3) is 0 Å². The van der Waals surface area contributed by atoms with Crippen molar-refractivity contribution in [2.24, 2.45) is 0 Å². The molecule has 0 bridgehead atoms. The third-order valence-electron chi connectivity index (χ3n) is 0.348. The monoisotopic (exact) mass is 276 g/mol. The molecule has 0 unspecified atom stereocenters. The second-order valence-corrected chi connectivity index (χ2v) is 1.05. The molecule has 0 N–H and O–H groups in total. The quantitative estimate of drug-likeness (QED) is 0.501. The summed E-state index contributed by atoms with van der Waals surface area (Å²) in [4.78, 5) is 0. The van der Waals surface area contributed by atoms with Gasteiger partial charge in [0.15, 0.2) is 0 Å².